The van der Waals surface area contributed by atoms with E-state index in [1.54, 1.807) is 0 Å². The minimum absolute atomic E-state index is 0. The van der Waals surface area contributed by atoms with Crippen LogP contribution in [0.25, 0.3) is 139 Å². The van der Waals surface area contributed by atoms with Crippen molar-refractivity contribution in [1.29, 1.82) is 0 Å². The minimum atomic E-state index is 0. The van der Waals surface area contributed by atoms with Gasteiger partial charge in [0.05, 0.1) is 33.1 Å². The molecule has 18 rings (SSSR count). The zero-order chi connectivity index (χ0) is 59.2. The van der Waals surface area contributed by atoms with Crippen LogP contribution in [0.4, 0.5) is 0 Å². The summed E-state index contributed by atoms with van der Waals surface area (Å²) >= 11 is 5.99. The summed E-state index contributed by atoms with van der Waals surface area (Å²) in [7, 11) is 0. The molecule has 0 saturated carbocycles. The predicted molar refractivity (Wildman–Crippen MR) is 365 cm³/mol. The number of rotatable bonds is 7. The molecule has 11 heteroatoms. The quantitative estimate of drug-likeness (QED) is 0.148. The largest absolute Gasteiger partial charge is 1.00 e. The molecule has 0 N–H and O–H groups in total. The van der Waals surface area contributed by atoms with Crippen LogP contribution in [-0.2, 0) is 6.42 Å². The van der Waals surface area contributed by atoms with Gasteiger partial charge in [0, 0.05) is 72.4 Å². The molecule has 5 heterocycles. The third kappa shape index (κ3) is 10.1. The Morgan fingerprint density at radius 1 is 0.278 bits per heavy atom. The fraction of sp³-hybridized carbons (Fsp3) is 0.0127. The first-order valence-corrected chi connectivity index (χ1v) is 30.1. The van der Waals surface area contributed by atoms with Crippen LogP contribution in [0.1, 0.15) is 12.6 Å². The maximum atomic E-state index is 5.99. The monoisotopic (exact) mass is 1190 g/mol. The van der Waals surface area contributed by atoms with Gasteiger partial charge in [-0.15, -0.1) is 0 Å². The molecule has 1 aliphatic rings. The molecule has 0 fully saturated rings. The summed E-state index contributed by atoms with van der Waals surface area (Å²) in [6, 6.07) is 105. The van der Waals surface area contributed by atoms with Gasteiger partial charge in [-0.2, -0.15) is 19.9 Å². The molecule has 0 bridgehead atoms. The van der Waals surface area contributed by atoms with Crippen molar-refractivity contribution in [3.05, 3.63) is 320 Å². The molecule has 9 nitrogen and oxygen atoms in total. The van der Waals surface area contributed by atoms with Crippen LogP contribution in [0.15, 0.2) is 303 Å². The molecule has 422 valence electrons. The molecule has 0 atom stereocenters. The first-order valence-electron chi connectivity index (χ1n) is 29.7. The summed E-state index contributed by atoms with van der Waals surface area (Å²) in [5.41, 5.74) is 18.7. The van der Waals surface area contributed by atoms with Crippen LogP contribution in [0.3, 0.4) is 0 Å². The Labute approximate surface area is 547 Å². The van der Waals surface area contributed by atoms with Gasteiger partial charge < -0.3 is 10.6 Å². The summed E-state index contributed by atoms with van der Waals surface area (Å²) in [5, 5.41) is 7.55. The number of fused-ring (bicyclic) bond motifs is 14. The number of aromatic nitrogens is 9. The maximum absolute atomic E-state index is 5.99. The van der Waals surface area contributed by atoms with Crippen molar-refractivity contribution >= 4 is 77.0 Å². The summed E-state index contributed by atoms with van der Waals surface area (Å²) in [5.74, 6) is 3.02. The third-order valence-electron chi connectivity index (χ3n) is 16.7. The number of benzene rings is 12. The second-order valence-corrected chi connectivity index (χ2v) is 22.2. The zero-order valence-corrected chi connectivity index (χ0v) is 51.7. The maximum Gasteiger partial charge on any atom is 1.00 e. The molecule has 0 spiro atoms. The topological polar surface area (TPSA) is 92.1 Å². The van der Waals surface area contributed by atoms with Gasteiger partial charge in [0.25, 0.3) is 0 Å². The van der Waals surface area contributed by atoms with Gasteiger partial charge in [-0.05, 0) is 76.3 Å². The first kappa shape index (κ1) is 55.9. The second-order valence-electron chi connectivity index (χ2n) is 21.9. The Morgan fingerprint density at radius 2 is 0.611 bits per heavy atom. The average Bonchev–Trinajstić information content (AvgIpc) is 1.58. The average molecular weight is 1190 g/mol. The Hall–Kier alpha value is -10.7. The molecule has 5 aromatic heterocycles. The van der Waals surface area contributed by atoms with Crippen molar-refractivity contribution in [2.75, 3.05) is 0 Å². The van der Waals surface area contributed by atoms with E-state index in [9.17, 15) is 0 Å². The van der Waals surface area contributed by atoms with Gasteiger partial charge in [0.2, 0.25) is 11.2 Å². The van der Waals surface area contributed by atoms with Crippen molar-refractivity contribution in [3.63, 3.8) is 0 Å². The Bertz CT molecular complexity index is 5360. The Morgan fingerprint density at radius 3 is 1.07 bits per heavy atom. The Balaban J connectivity index is 0.000000130. The smallest absolute Gasteiger partial charge is 1.00 e. The summed E-state index contributed by atoms with van der Waals surface area (Å²) in [6.07, 6.45) is 1.01. The van der Waals surface area contributed by atoms with E-state index in [1.807, 2.05) is 121 Å². The van der Waals surface area contributed by atoms with E-state index in [0.717, 1.165) is 67.2 Å². The van der Waals surface area contributed by atoms with Gasteiger partial charge in [-0.1, -0.05) is 261 Å². The normalized spacial score (nSPS) is 11.5. The van der Waals surface area contributed by atoms with Crippen molar-refractivity contribution in [2.24, 2.45) is 0 Å². The van der Waals surface area contributed by atoms with Gasteiger partial charge in [0.1, 0.15) is 0 Å². The van der Waals surface area contributed by atoms with E-state index in [0.29, 0.717) is 29.2 Å². The molecule has 1 aliphatic carbocycles. The fourth-order valence-electron chi connectivity index (χ4n) is 12.8. The zero-order valence-electron chi connectivity index (χ0n) is 50.0. The third-order valence-corrected chi connectivity index (χ3v) is 16.8. The molecule has 90 heavy (non-hydrogen) atoms. The second kappa shape index (κ2) is 24.1. The summed E-state index contributed by atoms with van der Waals surface area (Å²) in [6.45, 7) is 0. The van der Waals surface area contributed by atoms with E-state index < -0.39 is 0 Å². The molecular formula is C79H53ClN9Na. The Kier molecular flexibility index (Phi) is 15.0. The van der Waals surface area contributed by atoms with Gasteiger partial charge in [-0.25, -0.2) is 9.97 Å². The summed E-state index contributed by atoms with van der Waals surface area (Å²) < 4.78 is 7.04. The van der Waals surface area contributed by atoms with Gasteiger partial charge >= 0.3 is 29.6 Å². The van der Waals surface area contributed by atoms with Gasteiger partial charge in [-0.3, -0.25) is 4.57 Å². The van der Waals surface area contributed by atoms with Crippen LogP contribution < -0.4 is 29.6 Å². The molecule has 12 aromatic carbocycles. The number of nitrogens with zero attached hydrogens (tertiary/aromatic N) is 9. The van der Waals surface area contributed by atoms with E-state index in [4.69, 9.17) is 26.6 Å². The van der Waals surface area contributed by atoms with Crippen molar-refractivity contribution in [3.8, 4) is 74.0 Å². The first-order chi connectivity index (χ1) is 44.1. The number of hydrogen-bond acceptors (Lipinski definition) is 6. The van der Waals surface area contributed by atoms with Gasteiger partial charge in [0.15, 0.2) is 23.3 Å². The minimum Gasteiger partial charge on any atom is -1.00 e. The molecule has 0 radical (unpaired) electrons. The molecule has 0 aliphatic heterocycles. The van der Waals surface area contributed by atoms with Crippen LogP contribution in [0.5, 0.6) is 0 Å². The molecular weight excluding hydrogens is 1130 g/mol. The van der Waals surface area contributed by atoms with Crippen molar-refractivity contribution in [2.45, 2.75) is 6.42 Å². The molecule has 0 unspecified atom stereocenters. The number of para-hydroxylation sites is 5. The van der Waals surface area contributed by atoms with Crippen molar-refractivity contribution < 1.29 is 31.0 Å². The predicted octanol–water partition coefficient (Wildman–Crippen LogP) is 16.7. The van der Waals surface area contributed by atoms with Crippen LogP contribution in [0.2, 0.25) is 5.28 Å². The van der Waals surface area contributed by atoms with E-state index in [1.165, 1.54) is 60.5 Å². The SMILES string of the molecule is Clc1nc(-c2ccccc2)nc(-c2ccccc2)n1.[H-].[Na+].c1ccc(-c2nc(-c3ccccc3)nc(-n3c4ccccc4c4ccc5c6ccccc6n(-c6ccccc6)c5c43)n2)cc1.c1ccc(-n2c3ccccc3c3ccc4c(c32)Cc2ccccc2-4)cc1. The van der Waals surface area contributed by atoms with Crippen LogP contribution in [-0.4, -0.2) is 43.6 Å². The number of halogens is 1. The van der Waals surface area contributed by atoms with E-state index in [2.05, 4.69) is 211 Å². The van der Waals surface area contributed by atoms with E-state index in [-0.39, 0.29) is 36.3 Å². The van der Waals surface area contributed by atoms with E-state index >= 15 is 0 Å². The molecule has 17 aromatic rings. The number of hydrogen-bond donors (Lipinski definition) is 0. The summed E-state index contributed by atoms with van der Waals surface area (Å²) in [4.78, 5) is 28.1. The van der Waals surface area contributed by atoms with Crippen LogP contribution in [0, 0.1) is 0 Å². The fourth-order valence-corrected chi connectivity index (χ4v) is 12.9. The van der Waals surface area contributed by atoms with Crippen molar-refractivity contribution in [1.82, 2.24) is 43.6 Å². The molecule has 0 saturated heterocycles. The molecule has 0 amide bonds. The standard InChI is InChI=1S/C39H25N5.C25H17N.C15H10ClN3.Na.H/c1-4-14-26(15-5-1)37-40-38(27-16-6-2-7-17-27)42-39(41-37)44-34-23-13-11-21-30(34)32-25-24-31-29-20-10-12-22-33(29)43(35(31)36(32)44)28-18-8-3-9-19-28;1-2-9-18(10-3-1)26-24-13-7-6-12-21(24)22-15-14-20-19-11-5-4-8-17(19)16-23(20)25(22)26;16-15-18-13(11-7-3-1-4-8-11)17-14(19-15)12-9-5-2-6-10-12;;/h1-25H;1-15H,16H2;1-10H;;/q;;;+1;-1. The van der Waals surface area contributed by atoms with Crippen LogP contribution >= 0.6 is 11.6 Å².